The lowest BCUT2D eigenvalue weighted by atomic mass is 10.0. The molecule has 0 aliphatic heterocycles. The maximum atomic E-state index is 10.2. The van der Waals surface area contributed by atoms with Crippen molar-refractivity contribution >= 4 is 0 Å². The number of hydrogen-bond acceptors (Lipinski definition) is 4. The highest BCUT2D eigenvalue weighted by Gasteiger charge is 2.31. The molecule has 1 unspecified atom stereocenters. The maximum Gasteiger partial charge on any atom is 0.0771 e. The van der Waals surface area contributed by atoms with Gasteiger partial charge in [-0.05, 0) is 19.8 Å². The van der Waals surface area contributed by atoms with E-state index < -0.39 is 5.60 Å². The summed E-state index contributed by atoms with van der Waals surface area (Å²) in [5, 5.41) is 13.5. The molecule has 1 saturated carbocycles. The van der Waals surface area contributed by atoms with Crippen LogP contribution in [0.4, 0.5) is 0 Å². The number of rotatable bonds is 4. The topological polar surface area (TPSA) is 58.0 Å². The van der Waals surface area contributed by atoms with Gasteiger partial charge < -0.3 is 10.4 Å². The van der Waals surface area contributed by atoms with Crippen molar-refractivity contribution in [1.82, 2.24) is 15.3 Å². The summed E-state index contributed by atoms with van der Waals surface area (Å²) >= 11 is 0. The largest absolute Gasteiger partial charge is 0.389 e. The minimum Gasteiger partial charge on any atom is -0.389 e. The molecule has 1 fully saturated rings. The van der Waals surface area contributed by atoms with Gasteiger partial charge in [0, 0.05) is 31.2 Å². The van der Waals surface area contributed by atoms with E-state index in [1.807, 2.05) is 6.92 Å². The molecule has 1 atom stereocenters. The molecular formula is C12H19N3O. The molecule has 0 saturated heterocycles. The van der Waals surface area contributed by atoms with Crippen molar-refractivity contribution in [3.63, 3.8) is 0 Å². The van der Waals surface area contributed by atoms with Gasteiger partial charge in [-0.1, -0.05) is 12.8 Å². The summed E-state index contributed by atoms with van der Waals surface area (Å²) in [7, 11) is 0. The van der Waals surface area contributed by atoms with E-state index >= 15 is 0 Å². The molecule has 0 bridgehead atoms. The molecule has 88 valence electrons. The Morgan fingerprint density at radius 1 is 1.44 bits per heavy atom. The highest BCUT2D eigenvalue weighted by molar-refractivity contribution is 5.01. The molecule has 4 heteroatoms. The summed E-state index contributed by atoms with van der Waals surface area (Å²) in [5.41, 5.74) is 0.417. The quantitative estimate of drug-likeness (QED) is 0.807. The Balaban J connectivity index is 1.86. The third-order valence-corrected chi connectivity index (χ3v) is 3.30. The van der Waals surface area contributed by atoms with E-state index in [0.717, 1.165) is 31.4 Å². The first-order chi connectivity index (χ1) is 7.70. The van der Waals surface area contributed by atoms with Crippen molar-refractivity contribution in [2.45, 2.75) is 44.2 Å². The molecule has 2 N–H and O–H groups in total. The number of hydrogen-bond donors (Lipinski definition) is 2. The smallest absolute Gasteiger partial charge is 0.0771 e. The van der Waals surface area contributed by atoms with Crippen LogP contribution >= 0.6 is 0 Å². The predicted octanol–water partition coefficient (Wildman–Crippen LogP) is 1.43. The molecule has 1 heterocycles. The summed E-state index contributed by atoms with van der Waals surface area (Å²) in [6.45, 7) is 2.69. The third kappa shape index (κ3) is 2.77. The molecular weight excluding hydrogens is 202 g/mol. The molecule has 1 aliphatic rings. The molecule has 4 nitrogen and oxygen atoms in total. The van der Waals surface area contributed by atoms with Crippen LogP contribution in [0.3, 0.4) is 0 Å². The van der Waals surface area contributed by atoms with Crippen molar-refractivity contribution in [1.29, 1.82) is 0 Å². The first-order valence-corrected chi connectivity index (χ1v) is 5.91. The van der Waals surface area contributed by atoms with Crippen LogP contribution < -0.4 is 5.32 Å². The fourth-order valence-corrected chi connectivity index (χ4v) is 2.19. The Kier molecular flexibility index (Phi) is 3.51. The van der Waals surface area contributed by atoms with Crippen LogP contribution in [-0.2, 0) is 0 Å². The van der Waals surface area contributed by atoms with E-state index in [1.165, 1.54) is 0 Å². The Bertz CT molecular complexity index is 322. The van der Waals surface area contributed by atoms with Gasteiger partial charge in [-0.25, -0.2) is 0 Å². The van der Waals surface area contributed by atoms with Crippen LogP contribution in [0.15, 0.2) is 18.6 Å². The van der Waals surface area contributed by atoms with Gasteiger partial charge in [-0.3, -0.25) is 9.97 Å². The number of nitrogens with zero attached hydrogens (tertiary/aromatic N) is 2. The van der Waals surface area contributed by atoms with E-state index in [-0.39, 0.29) is 6.04 Å². The van der Waals surface area contributed by atoms with Gasteiger partial charge in [-0.15, -0.1) is 0 Å². The first kappa shape index (κ1) is 11.5. The normalized spacial score (nSPS) is 20.9. The SMILES string of the molecule is CC(NCC1(O)CCCC1)c1cnccn1. The van der Waals surface area contributed by atoms with Crippen molar-refractivity contribution in [3.8, 4) is 0 Å². The van der Waals surface area contributed by atoms with Crippen molar-refractivity contribution < 1.29 is 5.11 Å². The van der Waals surface area contributed by atoms with E-state index in [0.29, 0.717) is 6.54 Å². The molecule has 16 heavy (non-hydrogen) atoms. The lowest BCUT2D eigenvalue weighted by Gasteiger charge is -2.24. The zero-order valence-electron chi connectivity index (χ0n) is 9.69. The molecule has 2 rings (SSSR count). The monoisotopic (exact) mass is 221 g/mol. The fourth-order valence-electron chi connectivity index (χ4n) is 2.19. The second-order valence-corrected chi connectivity index (χ2v) is 4.66. The van der Waals surface area contributed by atoms with Crippen LogP contribution in [0.1, 0.15) is 44.3 Å². The molecule has 0 radical (unpaired) electrons. The van der Waals surface area contributed by atoms with Gasteiger partial charge in [0.2, 0.25) is 0 Å². The average molecular weight is 221 g/mol. The molecule has 1 aromatic rings. The van der Waals surface area contributed by atoms with Crippen LogP contribution in [0, 0.1) is 0 Å². The van der Waals surface area contributed by atoms with Gasteiger partial charge in [0.1, 0.15) is 0 Å². The van der Waals surface area contributed by atoms with Crippen LogP contribution in [0.5, 0.6) is 0 Å². The van der Waals surface area contributed by atoms with Gasteiger partial charge in [0.15, 0.2) is 0 Å². The van der Waals surface area contributed by atoms with Crippen molar-refractivity contribution in [2.75, 3.05) is 6.54 Å². The Morgan fingerprint density at radius 3 is 2.81 bits per heavy atom. The Labute approximate surface area is 96.1 Å². The summed E-state index contributed by atoms with van der Waals surface area (Å²) in [4.78, 5) is 8.28. The minimum absolute atomic E-state index is 0.137. The molecule has 0 amide bonds. The third-order valence-electron chi connectivity index (χ3n) is 3.30. The Hall–Kier alpha value is -1.00. The van der Waals surface area contributed by atoms with Crippen LogP contribution in [0.2, 0.25) is 0 Å². The zero-order valence-corrected chi connectivity index (χ0v) is 9.69. The highest BCUT2D eigenvalue weighted by Crippen LogP contribution is 2.29. The molecule has 0 spiro atoms. The number of aromatic nitrogens is 2. The lowest BCUT2D eigenvalue weighted by Crippen LogP contribution is -2.39. The second kappa shape index (κ2) is 4.89. The summed E-state index contributed by atoms with van der Waals surface area (Å²) < 4.78 is 0. The number of nitrogens with one attached hydrogen (secondary N) is 1. The lowest BCUT2D eigenvalue weighted by molar-refractivity contribution is 0.0452. The van der Waals surface area contributed by atoms with Crippen molar-refractivity contribution in [3.05, 3.63) is 24.3 Å². The van der Waals surface area contributed by atoms with E-state index in [4.69, 9.17) is 0 Å². The second-order valence-electron chi connectivity index (χ2n) is 4.66. The van der Waals surface area contributed by atoms with Gasteiger partial charge >= 0.3 is 0 Å². The standard InChI is InChI=1S/C12H19N3O/c1-10(11-8-13-6-7-14-11)15-9-12(16)4-2-3-5-12/h6-8,10,15-16H,2-5,9H2,1H3. The molecule has 1 aliphatic carbocycles. The fraction of sp³-hybridized carbons (Fsp3) is 0.667. The average Bonchev–Trinajstić information content (AvgIpc) is 2.75. The molecule has 0 aromatic carbocycles. The zero-order chi connectivity index (χ0) is 11.4. The van der Waals surface area contributed by atoms with Gasteiger partial charge in [-0.2, -0.15) is 0 Å². The predicted molar refractivity (Wildman–Crippen MR) is 61.9 cm³/mol. The van der Waals surface area contributed by atoms with E-state index in [9.17, 15) is 5.11 Å². The summed E-state index contributed by atoms with van der Waals surface area (Å²) in [6, 6.07) is 0.137. The Morgan fingerprint density at radius 2 is 2.19 bits per heavy atom. The van der Waals surface area contributed by atoms with Crippen LogP contribution in [0.25, 0.3) is 0 Å². The summed E-state index contributed by atoms with van der Waals surface area (Å²) in [5.74, 6) is 0. The van der Waals surface area contributed by atoms with Crippen LogP contribution in [-0.4, -0.2) is 27.2 Å². The maximum absolute atomic E-state index is 10.2. The number of aliphatic hydroxyl groups is 1. The highest BCUT2D eigenvalue weighted by atomic mass is 16.3. The van der Waals surface area contributed by atoms with Gasteiger partial charge in [0.05, 0.1) is 11.3 Å². The van der Waals surface area contributed by atoms with E-state index in [1.54, 1.807) is 18.6 Å². The van der Waals surface area contributed by atoms with Crippen molar-refractivity contribution in [2.24, 2.45) is 0 Å². The minimum atomic E-state index is -0.504. The van der Waals surface area contributed by atoms with Gasteiger partial charge in [0.25, 0.3) is 0 Å². The summed E-state index contributed by atoms with van der Waals surface area (Å²) in [6.07, 6.45) is 9.21. The molecule has 1 aromatic heterocycles. The van der Waals surface area contributed by atoms with E-state index in [2.05, 4.69) is 15.3 Å². The first-order valence-electron chi connectivity index (χ1n) is 5.91.